The Labute approximate surface area is 122 Å². The number of nitrogens with zero attached hydrogens (tertiary/aromatic N) is 2. The molecule has 0 amide bonds. The summed E-state index contributed by atoms with van der Waals surface area (Å²) >= 11 is 1.81. The third-order valence-corrected chi connectivity index (χ3v) is 4.66. The number of hydrazine groups is 1. The zero-order chi connectivity index (χ0) is 13.9. The van der Waals surface area contributed by atoms with Crippen molar-refractivity contribution < 1.29 is 4.74 Å². The average molecular weight is 290 g/mol. The third-order valence-electron chi connectivity index (χ3n) is 3.52. The van der Waals surface area contributed by atoms with Crippen molar-refractivity contribution in [2.24, 2.45) is 12.9 Å². The van der Waals surface area contributed by atoms with E-state index in [9.17, 15) is 0 Å². The van der Waals surface area contributed by atoms with Crippen molar-refractivity contribution in [3.8, 4) is 5.75 Å². The lowest BCUT2D eigenvalue weighted by atomic mass is 10.1. The van der Waals surface area contributed by atoms with Crippen molar-refractivity contribution in [3.63, 3.8) is 0 Å². The Kier molecular flexibility index (Phi) is 3.95. The maximum atomic E-state index is 6.07. The Morgan fingerprint density at radius 1 is 1.55 bits per heavy atom. The van der Waals surface area contributed by atoms with Gasteiger partial charge in [-0.15, -0.1) is 11.8 Å². The highest BCUT2D eigenvalue weighted by molar-refractivity contribution is 7.99. The highest BCUT2D eigenvalue weighted by atomic mass is 32.2. The monoisotopic (exact) mass is 290 g/mol. The minimum absolute atomic E-state index is 0.0385. The van der Waals surface area contributed by atoms with Crippen molar-refractivity contribution >= 4 is 11.8 Å². The van der Waals surface area contributed by atoms with E-state index in [1.165, 1.54) is 4.90 Å². The van der Waals surface area contributed by atoms with Crippen LogP contribution in [0.15, 0.2) is 41.6 Å². The molecule has 1 aromatic carbocycles. The second-order valence-electron chi connectivity index (χ2n) is 4.85. The van der Waals surface area contributed by atoms with Gasteiger partial charge in [0, 0.05) is 36.5 Å². The Balaban J connectivity index is 1.73. The van der Waals surface area contributed by atoms with Gasteiger partial charge in [0.2, 0.25) is 0 Å². The normalized spacial score (nSPS) is 19.2. The number of thioether (sulfide) groups is 1. The molecular formula is C14H18N4OS. The van der Waals surface area contributed by atoms with Gasteiger partial charge in [-0.25, -0.2) is 4.98 Å². The van der Waals surface area contributed by atoms with Gasteiger partial charge in [0.15, 0.2) is 0 Å². The van der Waals surface area contributed by atoms with E-state index in [1.54, 1.807) is 6.20 Å². The molecule has 0 saturated carbocycles. The molecule has 20 heavy (non-hydrogen) atoms. The molecule has 0 radical (unpaired) electrons. The molecule has 0 fully saturated rings. The number of hydrogen-bond acceptors (Lipinski definition) is 5. The quantitative estimate of drug-likeness (QED) is 0.657. The molecule has 2 unspecified atom stereocenters. The average Bonchev–Trinajstić information content (AvgIpc) is 2.89. The van der Waals surface area contributed by atoms with Gasteiger partial charge < -0.3 is 9.30 Å². The first kappa shape index (κ1) is 13.5. The van der Waals surface area contributed by atoms with Gasteiger partial charge in [-0.1, -0.05) is 12.1 Å². The van der Waals surface area contributed by atoms with E-state index in [0.29, 0.717) is 0 Å². The number of aryl methyl sites for hydroxylation is 1. The lowest BCUT2D eigenvalue weighted by Crippen LogP contribution is -2.50. The molecule has 3 rings (SSSR count). The molecular weight excluding hydrogens is 272 g/mol. The summed E-state index contributed by atoms with van der Waals surface area (Å²) in [5, 5.41) is 0. The smallest absolute Gasteiger partial charge is 0.133 e. The van der Waals surface area contributed by atoms with Crippen LogP contribution in [-0.4, -0.2) is 27.4 Å². The van der Waals surface area contributed by atoms with Crippen molar-refractivity contribution in [2.45, 2.75) is 23.5 Å². The Hall–Kier alpha value is -1.50. The molecule has 2 heterocycles. The molecule has 2 aromatic rings. The number of aromatic nitrogens is 2. The van der Waals surface area contributed by atoms with E-state index in [-0.39, 0.29) is 12.1 Å². The number of ether oxygens (including phenoxy) is 1. The first-order valence-corrected chi connectivity index (χ1v) is 7.57. The van der Waals surface area contributed by atoms with Crippen LogP contribution in [0.25, 0.3) is 0 Å². The lowest BCUT2D eigenvalue weighted by Gasteiger charge is -2.31. The van der Waals surface area contributed by atoms with Crippen LogP contribution in [0.1, 0.15) is 5.82 Å². The fraction of sp³-hybridized carbons (Fsp3) is 0.357. The van der Waals surface area contributed by atoms with Crippen LogP contribution < -0.4 is 16.0 Å². The molecule has 2 atom stereocenters. The highest BCUT2D eigenvalue weighted by Gasteiger charge is 2.28. The molecule has 5 nitrogen and oxygen atoms in total. The Morgan fingerprint density at radius 3 is 3.15 bits per heavy atom. The number of para-hydroxylation sites is 1. The second kappa shape index (κ2) is 5.87. The zero-order valence-electron chi connectivity index (χ0n) is 11.3. The van der Waals surface area contributed by atoms with Crippen molar-refractivity contribution in [2.75, 3.05) is 5.75 Å². The molecule has 0 saturated heterocycles. The third kappa shape index (κ3) is 2.67. The fourth-order valence-corrected chi connectivity index (χ4v) is 3.40. The SMILES string of the molecule is Cn1ccnc1CC(NN)C1CSc2ccccc2O1. The van der Waals surface area contributed by atoms with Crippen LogP contribution in [0.5, 0.6) is 5.75 Å². The fourth-order valence-electron chi connectivity index (χ4n) is 2.32. The zero-order valence-corrected chi connectivity index (χ0v) is 12.1. The van der Waals surface area contributed by atoms with E-state index >= 15 is 0 Å². The van der Waals surface area contributed by atoms with E-state index in [4.69, 9.17) is 10.6 Å². The summed E-state index contributed by atoms with van der Waals surface area (Å²) in [5.41, 5.74) is 2.88. The number of hydrogen-bond donors (Lipinski definition) is 2. The van der Waals surface area contributed by atoms with Gasteiger partial charge in [-0.2, -0.15) is 0 Å². The summed E-state index contributed by atoms with van der Waals surface area (Å²) in [6.45, 7) is 0. The van der Waals surface area contributed by atoms with Crippen LogP contribution in [0.3, 0.4) is 0 Å². The summed E-state index contributed by atoms with van der Waals surface area (Å²) in [5.74, 6) is 8.54. The summed E-state index contributed by atoms with van der Waals surface area (Å²) in [7, 11) is 1.99. The van der Waals surface area contributed by atoms with Crippen LogP contribution in [-0.2, 0) is 13.5 Å². The molecule has 1 aliphatic heterocycles. The Morgan fingerprint density at radius 2 is 2.40 bits per heavy atom. The summed E-state index contributed by atoms with van der Waals surface area (Å²) in [6, 6.07) is 8.15. The largest absolute Gasteiger partial charge is 0.487 e. The van der Waals surface area contributed by atoms with Gasteiger partial charge in [-0.3, -0.25) is 11.3 Å². The number of benzene rings is 1. The molecule has 106 valence electrons. The maximum Gasteiger partial charge on any atom is 0.133 e. The van der Waals surface area contributed by atoms with Crippen LogP contribution in [0.4, 0.5) is 0 Å². The van der Waals surface area contributed by atoms with Gasteiger partial charge in [0.25, 0.3) is 0 Å². The minimum atomic E-state index is 0.0385. The number of nitrogens with one attached hydrogen (secondary N) is 1. The number of imidazole rings is 1. The maximum absolute atomic E-state index is 6.07. The van der Waals surface area contributed by atoms with Crippen molar-refractivity contribution in [3.05, 3.63) is 42.5 Å². The predicted molar refractivity (Wildman–Crippen MR) is 79.6 cm³/mol. The standard InChI is InChI=1S/C14H18N4OS/c1-18-7-6-16-14(18)8-10(17-15)12-9-20-13-5-3-2-4-11(13)19-12/h2-7,10,12,17H,8-9,15H2,1H3. The predicted octanol–water partition coefficient (Wildman–Crippen LogP) is 1.35. The molecule has 1 aliphatic rings. The lowest BCUT2D eigenvalue weighted by molar-refractivity contribution is 0.164. The number of rotatable bonds is 4. The van der Waals surface area contributed by atoms with Crippen LogP contribution in [0, 0.1) is 0 Å². The summed E-state index contributed by atoms with van der Waals surface area (Å²) in [6.07, 6.45) is 4.52. The summed E-state index contributed by atoms with van der Waals surface area (Å²) < 4.78 is 8.08. The van der Waals surface area contributed by atoms with E-state index in [1.807, 2.05) is 47.8 Å². The molecule has 1 aromatic heterocycles. The Bertz CT molecular complexity index is 586. The van der Waals surface area contributed by atoms with Crippen LogP contribution >= 0.6 is 11.8 Å². The second-order valence-corrected chi connectivity index (χ2v) is 5.91. The molecule has 6 heteroatoms. The van der Waals surface area contributed by atoms with Crippen molar-refractivity contribution in [1.29, 1.82) is 0 Å². The number of nitrogens with two attached hydrogens (primary N) is 1. The molecule has 0 aliphatic carbocycles. The molecule has 0 bridgehead atoms. The van der Waals surface area contributed by atoms with Gasteiger partial charge in [-0.05, 0) is 12.1 Å². The van der Waals surface area contributed by atoms with E-state index in [2.05, 4.69) is 16.5 Å². The number of fused-ring (bicyclic) bond motifs is 1. The van der Waals surface area contributed by atoms with E-state index in [0.717, 1.165) is 23.7 Å². The van der Waals surface area contributed by atoms with E-state index < -0.39 is 0 Å². The molecule has 0 spiro atoms. The van der Waals surface area contributed by atoms with Crippen molar-refractivity contribution in [1.82, 2.24) is 15.0 Å². The van der Waals surface area contributed by atoms with Gasteiger partial charge in [0.1, 0.15) is 17.7 Å². The first-order valence-electron chi connectivity index (χ1n) is 6.58. The topological polar surface area (TPSA) is 65.1 Å². The first-order chi connectivity index (χ1) is 9.78. The minimum Gasteiger partial charge on any atom is -0.487 e. The molecule has 3 N–H and O–H groups in total. The van der Waals surface area contributed by atoms with Gasteiger partial charge >= 0.3 is 0 Å². The highest BCUT2D eigenvalue weighted by Crippen LogP contribution is 2.35. The van der Waals surface area contributed by atoms with Crippen LogP contribution in [0.2, 0.25) is 0 Å². The van der Waals surface area contributed by atoms with Gasteiger partial charge in [0.05, 0.1) is 6.04 Å². The summed E-state index contributed by atoms with van der Waals surface area (Å²) in [4.78, 5) is 5.54.